The number of allylic oxidation sites excluding steroid dienone is 1. The molecule has 0 spiro atoms. The van der Waals surface area contributed by atoms with Gasteiger partial charge in [-0.2, -0.15) is 0 Å². The van der Waals surface area contributed by atoms with Gasteiger partial charge < -0.3 is 9.15 Å². The molecule has 0 fully saturated rings. The minimum Gasteiger partial charge on any atom is -0.430 e. The molecule has 0 bridgehead atoms. The Hall–Kier alpha value is -2.47. The number of hydrogen-bond donors (Lipinski definition) is 0. The van der Waals surface area contributed by atoms with Crippen LogP contribution in [-0.4, -0.2) is 20.1 Å². The predicted molar refractivity (Wildman–Crippen MR) is 109 cm³/mol. The second-order valence-electron chi connectivity index (χ2n) is 8.93. The summed E-state index contributed by atoms with van der Waals surface area (Å²) in [5.74, 6) is 0.458. The van der Waals surface area contributed by atoms with E-state index in [0.29, 0.717) is 30.3 Å². The Labute approximate surface area is 164 Å². The van der Waals surface area contributed by atoms with Crippen molar-refractivity contribution in [3.05, 3.63) is 45.7 Å². The van der Waals surface area contributed by atoms with Gasteiger partial charge in [0.2, 0.25) is 11.3 Å². The molecular formula is C22H27N3O3. The van der Waals surface area contributed by atoms with Gasteiger partial charge in [0.05, 0.1) is 29.6 Å². The van der Waals surface area contributed by atoms with Crippen molar-refractivity contribution in [3.63, 3.8) is 0 Å². The third-order valence-electron chi connectivity index (χ3n) is 5.15. The molecule has 0 saturated carbocycles. The maximum atomic E-state index is 12.9. The highest BCUT2D eigenvalue weighted by Crippen LogP contribution is 2.38. The molecule has 28 heavy (non-hydrogen) atoms. The van der Waals surface area contributed by atoms with Crippen LogP contribution in [0.3, 0.4) is 0 Å². The van der Waals surface area contributed by atoms with E-state index in [1.54, 1.807) is 6.33 Å². The first kappa shape index (κ1) is 18.9. The van der Waals surface area contributed by atoms with Crippen molar-refractivity contribution in [3.8, 4) is 0 Å². The minimum atomic E-state index is -0.283. The summed E-state index contributed by atoms with van der Waals surface area (Å²) in [6.07, 6.45) is 3.15. The van der Waals surface area contributed by atoms with Crippen LogP contribution in [0, 0.1) is 5.92 Å². The fourth-order valence-electron chi connectivity index (χ4n) is 3.92. The van der Waals surface area contributed by atoms with Crippen LogP contribution < -0.4 is 5.56 Å². The first-order valence-electron chi connectivity index (χ1n) is 9.77. The molecule has 0 aromatic carbocycles. The van der Waals surface area contributed by atoms with Crippen molar-refractivity contribution in [2.45, 2.75) is 66.2 Å². The third kappa shape index (κ3) is 3.15. The van der Waals surface area contributed by atoms with Gasteiger partial charge in [0.1, 0.15) is 5.52 Å². The van der Waals surface area contributed by atoms with Gasteiger partial charge in [-0.1, -0.05) is 26.0 Å². The molecule has 0 aliphatic carbocycles. The van der Waals surface area contributed by atoms with E-state index in [1.807, 2.05) is 6.92 Å². The zero-order valence-electron chi connectivity index (χ0n) is 17.3. The number of aromatic nitrogens is 3. The molecule has 148 valence electrons. The average Bonchev–Trinajstić information content (AvgIpc) is 2.95. The fraction of sp³-hybridized carbons (Fsp3) is 0.500. The van der Waals surface area contributed by atoms with Crippen LogP contribution >= 0.6 is 0 Å². The van der Waals surface area contributed by atoms with E-state index >= 15 is 0 Å². The standard InChI is InChI=1S/C22H27N3O3/c1-12(2)7-16-15-10-27-22(5,6)8-14(15)17-18-19(28-20(17)24-16)21(26)25(11-23-18)9-13(3)4/h11-12H,3,7-10H2,1-2,4-6H3. The minimum absolute atomic E-state index is 0.198. The van der Waals surface area contributed by atoms with Gasteiger partial charge in [0.15, 0.2) is 0 Å². The van der Waals surface area contributed by atoms with Gasteiger partial charge in [-0.15, -0.1) is 0 Å². The summed E-state index contributed by atoms with van der Waals surface area (Å²) in [6, 6.07) is 0. The number of hydrogen-bond acceptors (Lipinski definition) is 5. The summed E-state index contributed by atoms with van der Waals surface area (Å²) in [5.41, 5.74) is 5.03. The molecule has 3 aromatic heterocycles. The van der Waals surface area contributed by atoms with E-state index in [0.717, 1.165) is 40.6 Å². The molecule has 4 rings (SSSR count). The Balaban J connectivity index is 2.03. The van der Waals surface area contributed by atoms with Crippen molar-refractivity contribution in [1.82, 2.24) is 14.5 Å². The molecule has 4 heterocycles. The summed E-state index contributed by atoms with van der Waals surface area (Å²) in [4.78, 5) is 22.3. The summed E-state index contributed by atoms with van der Waals surface area (Å²) in [5, 5.41) is 0.855. The van der Waals surface area contributed by atoms with Crippen LogP contribution in [0.5, 0.6) is 0 Å². The third-order valence-corrected chi connectivity index (χ3v) is 5.15. The molecule has 1 aliphatic heterocycles. The van der Waals surface area contributed by atoms with Gasteiger partial charge in [0, 0.05) is 18.5 Å². The van der Waals surface area contributed by atoms with Crippen LogP contribution in [0.4, 0.5) is 0 Å². The molecule has 1 aliphatic rings. The first-order valence-corrected chi connectivity index (χ1v) is 9.77. The second kappa shape index (κ2) is 6.55. The molecule has 0 unspecified atom stereocenters. The average molecular weight is 381 g/mol. The highest BCUT2D eigenvalue weighted by atomic mass is 16.5. The van der Waals surface area contributed by atoms with E-state index < -0.39 is 0 Å². The lowest BCUT2D eigenvalue weighted by molar-refractivity contribution is -0.0402. The normalized spacial score (nSPS) is 16.1. The Bertz CT molecular complexity index is 1150. The summed E-state index contributed by atoms with van der Waals surface area (Å²) in [6.45, 7) is 15.2. The topological polar surface area (TPSA) is 70.2 Å². The molecule has 0 saturated heterocycles. The van der Waals surface area contributed by atoms with Crippen LogP contribution in [-0.2, 0) is 30.7 Å². The van der Waals surface area contributed by atoms with E-state index in [2.05, 4.69) is 39.3 Å². The number of rotatable bonds is 4. The molecule has 6 heteroatoms. The summed E-state index contributed by atoms with van der Waals surface area (Å²) in [7, 11) is 0. The lowest BCUT2D eigenvalue weighted by Gasteiger charge is -2.33. The van der Waals surface area contributed by atoms with E-state index in [4.69, 9.17) is 14.1 Å². The van der Waals surface area contributed by atoms with E-state index in [9.17, 15) is 4.79 Å². The van der Waals surface area contributed by atoms with Gasteiger partial charge >= 0.3 is 0 Å². The maximum Gasteiger partial charge on any atom is 0.297 e. The quantitative estimate of drug-likeness (QED) is 0.635. The van der Waals surface area contributed by atoms with Crippen LogP contribution in [0.1, 0.15) is 51.4 Å². The van der Waals surface area contributed by atoms with Crippen molar-refractivity contribution < 1.29 is 9.15 Å². The van der Waals surface area contributed by atoms with Gasteiger partial charge in [-0.25, -0.2) is 9.97 Å². The zero-order valence-corrected chi connectivity index (χ0v) is 17.3. The summed E-state index contributed by atoms with van der Waals surface area (Å²) >= 11 is 0. The van der Waals surface area contributed by atoms with E-state index in [-0.39, 0.29) is 16.7 Å². The first-order chi connectivity index (χ1) is 13.2. The molecule has 6 nitrogen and oxygen atoms in total. The zero-order chi connectivity index (χ0) is 20.2. The number of pyridine rings is 1. The van der Waals surface area contributed by atoms with Crippen molar-refractivity contribution >= 4 is 22.2 Å². The Morgan fingerprint density at radius 3 is 2.79 bits per heavy atom. The largest absolute Gasteiger partial charge is 0.430 e. The van der Waals surface area contributed by atoms with Gasteiger partial charge in [-0.3, -0.25) is 9.36 Å². The van der Waals surface area contributed by atoms with Crippen molar-refractivity contribution in [2.24, 2.45) is 5.92 Å². The highest BCUT2D eigenvalue weighted by Gasteiger charge is 2.32. The van der Waals surface area contributed by atoms with Crippen molar-refractivity contribution in [2.75, 3.05) is 0 Å². The SMILES string of the molecule is C=C(C)Cn1cnc2c(oc3nc(CC(C)C)c4c(c32)CC(C)(C)OC4)c1=O. The van der Waals surface area contributed by atoms with Crippen molar-refractivity contribution in [1.29, 1.82) is 0 Å². The highest BCUT2D eigenvalue weighted by molar-refractivity contribution is 6.03. The fourth-order valence-corrected chi connectivity index (χ4v) is 3.92. The Morgan fingerprint density at radius 2 is 2.11 bits per heavy atom. The monoisotopic (exact) mass is 381 g/mol. The summed E-state index contributed by atoms with van der Waals surface area (Å²) < 4.78 is 13.6. The van der Waals surface area contributed by atoms with E-state index in [1.165, 1.54) is 4.57 Å². The molecule has 0 N–H and O–H groups in total. The molecular weight excluding hydrogens is 354 g/mol. The maximum absolute atomic E-state index is 12.9. The lowest BCUT2D eigenvalue weighted by Crippen LogP contribution is -2.33. The molecule has 3 aromatic rings. The van der Waals surface area contributed by atoms with Crippen LogP contribution in [0.2, 0.25) is 0 Å². The lowest BCUT2D eigenvalue weighted by atomic mass is 9.88. The van der Waals surface area contributed by atoms with Crippen LogP contribution in [0.15, 0.2) is 27.7 Å². The second-order valence-corrected chi connectivity index (χ2v) is 8.93. The van der Waals surface area contributed by atoms with Crippen LogP contribution in [0.25, 0.3) is 22.2 Å². The number of nitrogens with zero attached hydrogens (tertiary/aromatic N) is 3. The molecule has 0 atom stereocenters. The molecule has 0 radical (unpaired) electrons. The predicted octanol–water partition coefficient (Wildman–Crippen LogP) is 4.16. The smallest absolute Gasteiger partial charge is 0.297 e. The van der Waals surface area contributed by atoms with Gasteiger partial charge in [-0.05, 0) is 38.7 Å². The van der Waals surface area contributed by atoms with Gasteiger partial charge in [0.25, 0.3) is 5.56 Å². The number of ether oxygens (including phenoxy) is 1. The Kier molecular flexibility index (Phi) is 4.42. The molecule has 0 amide bonds. The number of fused-ring (bicyclic) bond motifs is 5. The Morgan fingerprint density at radius 1 is 1.36 bits per heavy atom. The number of furan rings is 1.